The highest BCUT2D eigenvalue weighted by Crippen LogP contribution is 2.35. The van der Waals surface area contributed by atoms with E-state index in [1.165, 1.54) is 12.3 Å². The molecule has 0 saturated carbocycles. The number of pyridine rings is 1. The highest BCUT2D eigenvalue weighted by Gasteiger charge is 2.29. The number of nitrogens with zero attached hydrogens (tertiary/aromatic N) is 1. The van der Waals surface area contributed by atoms with Gasteiger partial charge in [-0.2, -0.15) is 0 Å². The molecule has 0 spiro atoms. The summed E-state index contributed by atoms with van der Waals surface area (Å²) in [7, 11) is 0. The Kier molecular flexibility index (Phi) is 7.38. The van der Waals surface area contributed by atoms with Gasteiger partial charge in [-0.3, -0.25) is 4.79 Å². The molecule has 6 nitrogen and oxygen atoms in total. The van der Waals surface area contributed by atoms with Crippen LogP contribution in [0.4, 0.5) is 4.39 Å². The SMILES string of the molecule is CC(C)Oc1cc2c(cc1Cc1cccc(Cl)c1F)c(=O)c(C(=O)O)cn2C(CO)C(C)(C)C. The van der Waals surface area contributed by atoms with Gasteiger partial charge in [-0.15, -0.1) is 0 Å². The van der Waals surface area contributed by atoms with Gasteiger partial charge in [-0.05, 0) is 42.5 Å². The molecule has 2 aromatic carbocycles. The first-order valence-corrected chi connectivity index (χ1v) is 11.4. The molecule has 1 aromatic heterocycles. The fourth-order valence-electron chi connectivity index (χ4n) is 4.00. The lowest BCUT2D eigenvalue weighted by molar-refractivity contribution is 0.0692. The largest absolute Gasteiger partial charge is 0.491 e. The van der Waals surface area contributed by atoms with Crippen LogP contribution in [0.5, 0.6) is 5.75 Å². The van der Waals surface area contributed by atoms with E-state index in [0.29, 0.717) is 22.4 Å². The van der Waals surface area contributed by atoms with Gasteiger partial charge in [0.25, 0.3) is 0 Å². The van der Waals surface area contributed by atoms with Gasteiger partial charge in [-0.1, -0.05) is 44.5 Å². The van der Waals surface area contributed by atoms with Gasteiger partial charge in [0, 0.05) is 24.1 Å². The van der Waals surface area contributed by atoms with Gasteiger partial charge in [-0.25, -0.2) is 9.18 Å². The van der Waals surface area contributed by atoms with Crippen molar-refractivity contribution in [3.05, 3.63) is 74.3 Å². The third kappa shape index (κ3) is 5.10. The molecule has 0 aliphatic carbocycles. The molecule has 0 amide bonds. The molecular weight excluding hydrogens is 461 g/mol. The highest BCUT2D eigenvalue weighted by molar-refractivity contribution is 6.30. The minimum absolute atomic E-state index is 0.0175. The Morgan fingerprint density at radius 2 is 1.88 bits per heavy atom. The lowest BCUT2D eigenvalue weighted by atomic mass is 9.86. The standard InChI is InChI=1S/C26H29ClFNO5/c1-14(2)34-21-11-20-17(10-16(21)9-15-7-6-8-19(27)23(15)28)24(31)18(25(32)33)12-29(20)22(13-30)26(3,4)5/h6-8,10-12,14,22,30H,9,13H2,1-5H3,(H,32,33). The number of halogens is 2. The Balaban J connectivity index is 2.38. The Hall–Kier alpha value is -2.90. The van der Waals surface area contributed by atoms with Crippen molar-refractivity contribution in [3.63, 3.8) is 0 Å². The number of aliphatic hydroxyl groups is 1. The summed E-state index contributed by atoms with van der Waals surface area (Å²) >= 11 is 5.95. The summed E-state index contributed by atoms with van der Waals surface area (Å²) in [6, 6.07) is 7.38. The molecular formula is C26H29ClFNO5. The minimum Gasteiger partial charge on any atom is -0.491 e. The van der Waals surface area contributed by atoms with Crippen molar-refractivity contribution in [2.75, 3.05) is 6.61 Å². The Morgan fingerprint density at radius 1 is 1.21 bits per heavy atom. The van der Waals surface area contributed by atoms with Crippen LogP contribution in [0, 0.1) is 11.2 Å². The smallest absolute Gasteiger partial charge is 0.341 e. The molecule has 2 N–H and O–H groups in total. The summed E-state index contributed by atoms with van der Waals surface area (Å²) in [5, 5.41) is 20.0. The fraction of sp³-hybridized carbons (Fsp3) is 0.385. The highest BCUT2D eigenvalue weighted by atomic mass is 35.5. The van der Waals surface area contributed by atoms with Gasteiger partial charge >= 0.3 is 5.97 Å². The van der Waals surface area contributed by atoms with Crippen molar-refractivity contribution in [3.8, 4) is 5.75 Å². The van der Waals surface area contributed by atoms with E-state index in [0.717, 1.165) is 0 Å². The first-order chi connectivity index (χ1) is 15.8. The molecule has 182 valence electrons. The van der Waals surface area contributed by atoms with Crippen LogP contribution in [-0.2, 0) is 6.42 Å². The van der Waals surface area contributed by atoms with E-state index in [-0.39, 0.29) is 29.5 Å². The molecule has 0 aliphatic heterocycles. The molecule has 3 aromatic rings. The number of hydrogen-bond donors (Lipinski definition) is 2. The summed E-state index contributed by atoms with van der Waals surface area (Å²) in [6.07, 6.45) is 1.15. The molecule has 8 heteroatoms. The number of carboxylic acids is 1. The number of hydrogen-bond acceptors (Lipinski definition) is 4. The molecule has 0 fully saturated rings. The molecule has 34 heavy (non-hydrogen) atoms. The van der Waals surface area contributed by atoms with Crippen LogP contribution in [0.3, 0.4) is 0 Å². The molecule has 1 atom stereocenters. The predicted octanol–water partition coefficient (Wildman–Crippen LogP) is 5.45. The quantitative estimate of drug-likeness (QED) is 0.460. The number of aliphatic hydroxyl groups excluding tert-OH is 1. The average Bonchev–Trinajstić information content (AvgIpc) is 2.72. The number of fused-ring (bicyclic) bond motifs is 1. The average molecular weight is 490 g/mol. The molecule has 0 saturated heterocycles. The first kappa shape index (κ1) is 25.7. The first-order valence-electron chi connectivity index (χ1n) is 11.0. The van der Waals surface area contributed by atoms with Crippen molar-refractivity contribution in [1.29, 1.82) is 0 Å². The lowest BCUT2D eigenvalue weighted by Gasteiger charge is -2.33. The lowest BCUT2D eigenvalue weighted by Crippen LogP contribution is -2.30. The van der Waals surface area contributed by atoms with Gasteiger partial charge in [0.1, 0.15) is 17.1 Å². The van der Waals surface area contributed by atoms with Gasteiger partial charge in [0.2, 0.25) is 5.43 Å². The number of aromatic nitrogens is 1. The normalized spacial score (nSPS) is 12.9. The van der Waals surface area contributed by atoms with Crippen LogP contribution in [0.25, 0.3) is 10.9 Å². The van der Waals surface area contributed by atoms with E-state index in [4.69, 9.17) is 16.3 Å². The molecule has 0 bridgehead atoms. The topological polar surface area (TPSA) is 88.8 Å². The number of aromatic carboxylic acids is 1. The van der Waals surface area contributed by atoms with Crippen LogP contribution >= 0.6 is 11.6 Å². The number of benzene rings is 2. The molecule has 0 radical (unpaired) electrons. The Morgan fingerprint density at radius 3 is 2.44 bits per heavy atom. The molecule has 3 rings (SSSR count). The van der Waals surface area contributed by atoms with E-state index in [1.54, 1.807) is 28.8 Å². The Labute approximate surface area is 202 Å². The van der Waals surface area contributed by atoms with Crippen molar-refractivity contribution in [2.45, 2.75) is 53.2 Å². The van der Waals surface area contributed by atoms with Crippen LogP contribution in [0.2, 0.25) is 5.02 Å². The number of rotatable bonds is 7. The van der Waals surface area contributed by atoms with E-state index in [9.17, 15) is 24.2 Å². The monoisotopic (exact) mass is 489 g/mol. The third-order valence-electron chi connectivity index (χ3n) is 5.73. The van der Waals surface area contributed by atoms with Gasteiger partial charge < -0.3 is 19.5 Å². The number of carboxylic acid groups (broad SMARTS) is 1. The van der Waals surface area contributed by atoms with E-state index >= 15 is 0 Å². The minimum atomic E-state index is -1.36. The van der Waals surface area contributed by atoms with Crippen LogP contribution in [0.15, 0.2) is 41.3 Å². The molecule has 1 unspecified atom stereocenters. The fourth-order valence-corrected chi connectivity index (χ4v) is 4.20. The number of carbonyl (C=O) groups is 1. The maximum atomic E-state index is 14.6. The second kappa shape index (κ2) is 9.76. The molecule has 1 heterocycles. The summed E-state index contributed by atoms with van der Waals surface area (Å²) in [6.45, 7) is 9.18. The van der Waals surface area contributed by atoms with E-state index in [2.05, 4.69) is 0 Å². The maximum Gasteiger partial charge on any atom is 0.341 e. The van der Waals surface area contributed by atoms with E-state index in [1.807, 2.05) is 34.6 Å². The van der Waals surface area contributed by atoms with Crippen molar-refractivity contribution in [2.24, 2.45) is 5.41 Å². The third-order valence-corrected chi connectivity index (χ3v) is 6.02. The summed E-state index contributed by atoms with van der Waals surface area (Å²) < 4.78 is 22.3. The maximum absolute atomic E-state index is 14.6. The van der Waals surface area contributed by atoms with Crippen LogP contribution in [0.1, 0.15) is 62.1 Å². The predicted molar refractivity (Wildman–Crippen MR) is 131 cm³/mol. The summed E-state index contributed by atoms with van der Waals surface area (Å²) in [5.41, 5.74) is -0.257. The van der Waals surface area contributed by atoms with E-state index < -0.39 is 34.2 Å². The summed E-state index contributed by atoms with van der Waals surface area (Å²) in [5.74, 6) is -1.50. The van der Waals surface area contributed by atoms with Gasteiger partial charge in [0.15, 0.2) is 0 Å². The van der Waals surface area contributed by atoms with Crippen molar-refractivity contribution < 1.29 is 24.1 Å². The van der Waals surface area contributed by atoms with Crippen LogP contribution < -0.4 is 10.2 Å². The van der Waals surface area contributed by atoms with Crippen LogP contribution in [-0.4, -0.2) is 33.5 Å². The molecule has 0 aliphatic rings. The van der Waals surface area contributed by atoms with Crippen molar-refractivity contribution >= 4 is 28.5 Å². The second-order valence-corrected chi connectivity index (χ2v) is 10.1. The van der Waals surface area contributed by atoms with Gasteiger partial charge in [0.05, 0.1) is 29.3 Å². The second-order valence-electron chi connectivity index (χ2n) is 9.68. The van der Waals surface area contributed by atoms with Crippen molar-refractivity contribution in [1.82, 2.24) is 4.57 Å². The number of ether oxygens (including phenoxy) is 1. The zero-order valence-corrected chi connectivity index (χ0v) is 20.6. The zero-order valence-electron chi connectivity index (χ0n) is 19.9. The summed E-state index contributed by atoms with van der Waals surface area (Å²) in [4.78, 5) is 25.0. The zero-order chi connectivity index (χ0) is 25.4. The Bertz CT molecular complexity index is 1290.